The van der Waals surface area contributed by atoms with Crippen LogP contribution in [-0.4, -0.2) is 78.3 Å². The number of amidine groups is 1. The number of aliphatic imine (C=N–C) groups is 1. The largest absolute Gasteiger partial charge is 0.469 e. The van der Waals surface area contributed by atoms with Crippen molar-refractivity contribution in [2.24, 2.45) is 27.7 Å². The van der Waals surface area contributed by atoms with E-state index in [2.05, 4.69) is 15.5 Å². The molecule has 2 saturated heterocycles. The van der Waals surface area contributed by atoms with Crippen LogP contribution in [0.15, 0.2) is 34.4 Å². The van der Waals surface area contributed by atoms with Crippen LogP contribution in [0.25, 0.3) is 0 Å². The average Bonchev–Trinajstić information content (AvgIpc) is 3.17. The Labute approximate surface area is 246 Å². The molecule has 2 atom stereocenters. The van der Waals surface area contributed by atoms with E-state index in [0.717, 1.165) is 31.2 Å². The number of esters is 1. The van der Waals surface area contributed by atoms with Gasteiger partial charge in [-0.05, 0) is 63.9 Å². The monoisotopic (exact) mass is 583 g/mol. The molecule has 1 saturated carbocycles. The molecule has 0 radical (unpaired) electrons. The number of carbonyl (C=O) groups excluding carboxylic acids is 4. The number of nitrogens with zero attached hydrogens (tertiary/aromatic N) is 3. The van der Waals surface area contributed by atoms with E-state index in [9.17, 15) is 19.2 Å². The Bertz CT molecular complexity index is 1220. The summed E-state index contributed by atoms with van der Waals surface area (Å²) in [6.45, 7) is 6.54. The molecule has 1 aromatic rings. The third-order valence-electron chi connectivity index (χ3n) is 7.73. The normalized spacial score (nSPS) is 22.9. The van der Waals surface area contributed by atoms with Crippen LogP contribution in [0.5, 0.6) is 0 Å². The summed E-state index contributed by atoms with van der Waals surface area (Å²) in [5.41, 5.74) is 7.23. The summed E-state index contributed by atoms with van der Waals surface area (Å²) in [7, 11) is 1.26. The van der Waals surface area contributed by atoms with Crippen LogP contribution < -0.4 is 11.1 Å². The maximum absolute atomic E-state index is 13.4. The third kappa shape index (κ3) is 8.53. The van der Waals surface area contributed by atoms with Gasteiger partial charge >= 0.3 is 12.1 Å². The predicted molar refractivity (Wildman–Crippen MR) is 155 cm³/mol. The lowest BCUT2D eigenvalue weighted by atomic mass is 9.84. The van der Waals surface area contributed by atoms with Gasteiger partial charge in [0.15, 0.2) is 0 Å². The van der Waals surface area contributed by atoms with Crippen molar-refractivity contribution in [3.8, 4) is 0 Å². The minimum atomic E-state index is -0.996. The van der Waals surface area contributed by atoms with Gasteiger partial charge in [0.05, 0.1) is 25.7 Å². The molecule has 2 bridgehead atoms. The molecule has 5 rings (SSSR count). The smallest absolute Gasteiger partial charge is 0.436 e. The summed E-state index contributed by atoms with van der Waals surface area (Å²) in [5, 5.41) is 6.89. The van der Waals surface area contributed by atoms with Crippen molar-refractivity contribution < 1.29 is 33.5 Å². The maximum Gasteiger partial charge on any atom is 0.436 e. The number of hydrogen-bond donors (Lipinski definition) is 2. The Morgan fingerprint density at radius 3 is 2.29 bits per heavy atom. The number of nitrogens with two attached hydrogens (primary N) is 1. The first-order valence-electron chi connectivity index (χ1n) is 14.5. The molecule has 228 valence electrons. The lowest BCUT2D eigenvalue weighted by molar-refractivity contribution is -0.146. The highest BCUT2D eigenvalue weighted by Gasteiger charge is 2.36. The lowest BCUT2D eigenvalue weighted by Gasteiger charge is -2.28. The molecule has 3 N–H and O–H groups in total. The van der Waals surface area contributed by atoms with Crippen LogP contribution in [-0.2, 0) is 28.7 Å². The molecule has 3 aliphatic heterocycles. The number of rotatable bonds is 8. The molecule has 1 aromatic carbocycles. The molecule has 1 aliphatic carbocycles. The molecule has 3 heterocycles. The second-order valence-electron chi connectivity index (χ2n) is 12.3. The Morgan fingerprint density at radius 1 is 1.10 bits per heavy atom. The van der Waals surface area contributed by atoms with Crippen molar-refractivity contribution >= 4 is 35.4 Å². The zero-order valence-electron chi connectivity index (χ0n) is 24.8. The summed E-state index contributed by atoms with van der Waals surface area (Å²) in [6.07, 6.45) is 3.26. The molecule has 1 unspecified atom stereocenters. The van der Waals surface area contributed by atoms with Crippen LogP contribution in [0.2, 0.25) is 0 Å². The van der Waals surface area contributed by atoms with Gasteiger partial charge < -0.3 is 30.3 Å². The zero-order chi connectivity index (χ0) is 30.4. The number of benzene rings is 1. The number of methoxy groups -OCH3 is 1. The highest BCUT2D eigenvalue weighted by atomic mass is 16.6. The third-order valence-corrected chi connectivity index (χ3v) is 7.73. The summed E-state index contributed by atoms with van der Waals surface area (Å²) in [5.74, 6) is -0.252. The van der Waals surface area contributed by atoms with Crippen molar-refractivity contribution in [1.29, 1.82) is 0 Å². The SMILES string of the molecule is COC(=O)C[C@H](NC(=O)CC1CC(c2ccc(/C(N)=N\C(=O)OC(C)(C)C)cc2)=NO1)C(=O)N1CC2CCC(CC2)C1. The van der Waals surface area contributed by atoms with E-state index in [1.165, 1.54) is 7.11 Å². The highest BCUT2D eigenvalue weighted by Crippen LogP contribution is 2.34. The molecule has 3 amide bonds. The Balaban J connectivity index is 1.32. The minimum Gasteiger partial charge on any atom is -0.469 e. The molecule has 0 spiro atoms. The number of nitrogens with one attached hydrogen (secondary N) is 1. The lowest BCUT2D eigenvalue weighted by Crippen LogP contribution is -2.51. The molecule has 3 fully saturated rings. The van der Waals surface area contributed by atoms with Crippen LogP contribution >= 0.6 is 0 Å². The zero-order valence-corrected chi connectivity index (χ0v) is 24.8. The number of amides is 3. The van der Waals surface area contributed by atoms with Crippen molar-refractivity contribution in [2.45, 2.75) is 83.5 Å². The number of carbonyl (C=O) groups is 4. The maximum atomic E-state index is 13.4. The Hall–Kier alpha value is -3.96. The van der Waals surface area contributed by atoms with Gasteiger partial charge in [-0.25, -0.2) is 4.79 Å². The van der Waals surface area contributed by atoms with Crippen molar-refractivity contribution in [2.75, 3.05) is 20.2 Å². The Morgan fingerprint density at radius 2 is 1.71 bits per heavy atom. The first kappa shape index (κ1) is 31.0. The summed E-state index contributed by atoms with van der Waals surface area (Å²) in [4.78, 5) is 61.6. The molecule has 0 aromatic heterocycles. The number of oxime groups is 1. The molecule has 42 heavy (non-hydrogen) atoms. The van der Waals surface area contributed by atoms with E-state index in [-0.39, 0.29) is 24.6 Å². The minimum absolute atomic E-state index is 0.0267. The highest BCUT2D eigenvalue weighted by molar-refractivity contribution is 6.05. The first-order valence-corrected chi connectivity index (χ1v) is 14.5. The second kappa shape index (κ2) is 13.3. The summed E-state index contributed by atoms with van der Waals surface area (Å²) < 4.78 is 9.96. The second-order valence-corrected chi connectivity index (χ2v) is 12.3. The fraction of sp³-hybridized carbons (Fsp3) is 0.600. The number of fused-ring (bicyclic) bond motifs is 4. The molecular weight excluding hydrogens is 542 g/mol. The van der Waals surface area contributed by atoms with E-state index in [1.807, 2.05) is 4.90 Å². The molecule has 4 aliphatic rings. The average molecular weight is 584 g/mol. The van der Waals surface area contributed by atoms with E-state index in [4.69, 9.17) is 20.0 Å². The van der Waals surface area contributed by atoms with E-state index in [1.54, 1.807) is 45.0 Å². The van der Waals surface area contributed by atoms with Gasteiger partial charge in [0, 0.05) is 25.1 Å². The number of ether oxygens (including phenoxy) is 2. The van der Waals surface area contributed by atoms with Crippen LogP contribution in [0.1, 0.15) is 76.8 Å². The topological polar surface area (TPSA) is 162 Å². The van der Waals surface area contributed by atoms with Crippen LogP contribution in [0, 0.1) is 11.8 Å². The van der Waals surface area contributed by atoms with Gasteiger partial charge in [-0.1, -0.05) is 29.4 Å². The summed E-state index contributed by atoms with van der Waals surface area (Å²) in [6, 6.07) is 5.97. The van der Waals surface area contributed by atoms with Crippen LogP contribution in [0.3, 0.4) is 0 Å². The van der Waals surface area contributed by atoms with Gasteiger partial charge in [0.1, 0.15) is 23.6 Å². The predicted octanol–water partition coefficient (Wildman–Crippen LogP) is 2.91. The fourth-order valence-electron chi connectivity index (χ4n) is 5.59. The van der Waals surface area contributed by atoms with Gasteiger partial charge in [0.2, 0.25) is 11.8 Å². The van der Waals surface area contributed by atoms with Crippen molar-refractivity contribution in [1.82, 2.24) is 10.2 Å². The van der Waals surface area contributed by atoms with E-state index in [0.29, 0.717) is 42.6 Å². The van der Waals surface area contributed by atoms with Crippen LogP contribution in [0.4, 0.5) is 4.79 Å². The van der Waals surface area contributed by atoms with Crippen molar-refractivity contribution in [3.63, 3.8) is 0 Å². The van der Waals surface area contributed by atoms with Gasteiger partial charge in [-0.15, -0.1) is 0 Å². The molecule has 12 nitrogen and oxygen atoms in total. The van der Waals surface area contributed by atoms with Gasteiger partial charge in [0.25, 0.3) is 0 Å². The fourth-order valence-corrected chi connectivity index (χ4v) is 5.59. The van der Waals surface area contributed by atoms with E-state index < -0.39 is 35.7 Å². The molecular formula is C30H41N5O7. The van der Waals surface area contributed by atoms with Gasteiger partial charge in [-0.2, -0.15) is 4.99 Å². The standard InChI is InChI=1S/C30H41N5O7/c1-30(2,3)41-29(39)33-27(31)21-11-9-20(10-12-21)23-13-22(42-34-23)14-25(36)32-24(15-26(37)40-4)28(38)35-16-18-5-6-19(17-35)8-7-18/h9-12,18-19,22,24H,5-8,13-17H2,1-4H3,(H,32,36)(H2,31,33,39)/t18?,19?,22?,24-/m0/s1. The van der Waals surface area contributed by atoms with E-state index >= 15 is 0 Å². The first-order chi connectivity index (χ1) is 19.9. The summed E-state index contributed by atoms with van der Waals surface area (Å²) >= 11 is 0. The van der Waals surface area contributed by atoms with Gasteiger partial charge in [-0.3, -0.25) is 14.4 Å². The Kier molecular flexibility index (Phi) is 9.85. The molecule has 12 heteroatoms. The quantitative estimate of drug-likeness (QED) is 0.268. The number of hydrogen-bond acceptors (Lipinski definition) is 8. The van der Waals surface area contributed by atoms with Crippen molar-refractivity contribution in [3.05, 3.63) is 35.4 Å².